The molecule has 68 valence electrons. The van der Waals surface area contributed by atoms with Crippen molar-refractivity contribution in [3.63, 3.8) is 0 Å². The van der Waals surface area contributed by atoms with E-state index in [1.807, 2.05) is 6.07 Å². The van der Waals surface area contributed by atoms with Crippen LogP contribution in [0.25, 0.3) is 0 Å². The van der Waals surface area contributed by atoms with Crippen molar-refractivity contribution >= 4 is 15.9 Å². The maximum atomic E-state index is 8.94. The van der Waals surface area contributed by atoms with Gasteiger partial charge < -0.3 is 4.57 Å². The molecule has 1 aromatic heterocycles. The zero-order valence-corrected chi connectivity index (χ0v) is 9.13. The lowest BCUT2D eigenvalue weighted by Gasteiger charge is -2.06. The highest BCUT2D eigenvalue weighted by Gasteiger charge is 2.28. The molecular weight excluding hydrogens is 228 g/mol. The standard InChI is InChI=1S/C10H11BrN2/c1-2-10-9(11)5-8(6-12)13(10)7-3-4-7/h5,7H,2-4H2,1H3. The van der Waals surface area contributed by atoms with Crippen LogP contribution >= 0.6 is 15.9 Å². The van der Waals surface area contributed by atoms with E-state index >= 15 is 0 Å². The normalized spacial score (nSPS) is 15.8. The summed E-state index contributed by atoms with van der Waals surface area (Å²) >= 11 is 3.49. The summed E-state index contributed by atoms with van der Waals surface area (Å²) in [5, 5.41) is 8.94. The van der Waals surface area contributed by atoms with Crippen LogP contribution in [0.2, 0.25) is 0 Å². The molecule has 3 heteroatoms. The number of hydrogen-bond donors (Lipinski definition) is 0. The zero-order chi connectivity index (χ0) is 9.42. The maximum absolute atomic E-state index is 8.94. The highest BCUT2D eigenvalue weighted by Crippen LogP contribution is 2.39. The minimum atomic E-state index is 0.593. The molecule has 0 aromatic carbocycles. The number of rotatable bonds is 2. The van der Waals surface area contributed by atoms with E-state index in [9.17, 15) is 0 Å². The molecule has 0 aliphatic heterocycles. The molecule has 2 nitrogen and oxygen atoms in total. The van der Waals surface area contributed by atoms with Crippen LogP contribution in [-0.2, 0) is 6.42 Å². The SMILES string of the molecule is CCc1c(Br)cc(C#N)n1C1CC1. The van der Waals surface area contributed by atoms with Gasteiger partial charge in [-0.25, -0.2) is 0 Å². The average Bonchev–Trinajstić information content (AvgIpc) is 2.90. The van der Waals surface area contributed by atoms with E-state index in [1.54, 1.807) is 0 Å². The van der Waals surface area contributed by atoms with Crippen molar-refractivity contribution in [1.82, 2.24) is 4.57 Å². The molecule has 1 aromatic rings. The molecule has 1 aliphatic carbocycles. The molecule has 0 amide bonds. The van der Waals surface area contributed by atoms with Crippen molar-refractivity contribution in [3.8, 4) is 6.07 Å². The number of halogens is 1. The lowest BCUT2D eigenvalue weighted by Crippen LogP contribution is -2.01. The fourth-order valence-corrected chi connectivity index (χ4v) is 2.40. The van der Waals surface area contributed by atoms with Gasteiger partial charge in [0.25, 0.3) is 0 Å². The molecule has 0 radical (unpaired) electrons. The summed E-state index contributed by atoms with van der Waals surface area (Å²) in [6.45, 7) is 2.13. The highest BCUT2D eigenvalue weighted by atomic mass is 79.9. The van der Waals surface area contributed by atoms with Gasteiger partial charge in [-0.05, 0) is 41.3 Å². The topological polar surface area (TPSA) is 28.7 Å². The Morgan fingerprint density at radius 1 is 1.69 bits per heavy atom. The molecule has 0 bridgehead atoms. The second-order valence-electron chi connectivity index (χ2n) is 3.39. The van der Waals surface area contributed by atoms with Gasteiger partial charge in [0.15, 0.2) is 0 Å². The lowest BCUT2D eigenvalue weighted by molar-refractivity contribution is 0.692. The molecule has 13 heavy (non-hydrogen) atoms. The van der Waals surface area contributed by atoms with Gasteiger partial charge in [-0.1, -0.05) is 6.92 Å². The van der Waals surface area contributed by atoms with Gasteiger partial charge in [-0.3, -0.25) is 0 Å². The highest BCUT2D eigenvalue weighted by molar-refractivity contribution is 9.10. The Hall–Kier alpha value is -0.750. The Morgan fingerprint density at radius 3 is 2.85 bits per heavy atom. The van der Waals surface area contributed by atoms with Gasteiger partial charge in [0.1, 0.15) is 11.8 Å². The van der Waals surface area contributed by atoms with Crippen molar-refractivity contribution in [2.24, 2.45) is 0 Å². The summed E-state index contributed by atoms with van der Waals surface area (Å²) < 4.78 is 3.27. The van der Waals surface area contributed by atoms with E-state index in [-0.39, 0.29) is 0 Å². The van der Waals surface area contributed by atoms with Gasteiger partial charge in [-0.2, -0.15) is 5.26 Å². The molecule has 0 spiro atoms. The van der Waals surface area contributed by atoms with E-state index < -0.39 is 0 Å². The second kappa shape index (κ2) is 3.19. The van der Waals surface area contributed by atoms with Crippen LogP contribution in [0.4, 0.5) is 0 Å². The van der Waals surface area contributed by atoms with Crippen LogP contribution in [0, 0.1) is 11.3 Å². The third-order valence-electron chi connectivity index (χ3n) is 2.45. The average molecular weight is 239 g/mol. The Kier molecular flexibility index (Phi) is 2.17. The van der Waals surface area contributed by atoms with Crippen molar-refractivity contribution in [1.29, 1.82) is 5.26 Å². The fourth-order valence-electron chi connectivity index (χ4n) is 1.71. The molecule has 1 aliphatic rings. The quantitative estimate of drug-likeness (QED) is 0.779. The van der Waals surface area contributed by atoms with E-state index in [0.717, 1.165) is 16.6 Å². The first-order valence-electron chi connectivity index (χ1n) is 4.57. The minimum Gasteiger partial charge on any atom is -0.332 e. The van der Waals surface area contributed by atoms with E-state index in [4.69, 9.17) is 5.26 Å². The van der Waals surface area contributed by atoms with Crippen LogP contribution in [0.1, 0.15) is 37.2 Å². The Balaban J connectivity index is 2.53. The Labute approximate surface area is 86.3 Å². The minimum absolute atomic E-state index is 0.593. The van der Waals surface area contributed by atoms with E-state index in [1.165, 1.54) is 18.5 Å². The van der Waals surface area contributed by atoms with Gasteiger partial charge in [0.2, 0.25) is 0 Å². The van der Waals surface area contributed by atoms with Crippen LogP contribution in [0.5, 0.6) is 0 Å². The first kappa shape index (κ1) is 8.83. The summed E-state index contributed by atoms with van der Waals surface area (Å²) in [5.41, 5.74) is 2.06. The van der Waals surface area contributed by atoms with E-state index in [0.29, 0.717) is 6.04 Å². The van der Waals surface area contributed by atoms with Crippen molar-refractivity contribution < 1.29 is 0 Å². The fraction of sp³-hybridized carbons (Fsp3) is 0.500. The first-order valence-corrected chi connectivity index (χ1v) is 5.37. The third-order valence-corrected chi connectivity index (χ3v) is 3.14. The van der Waals surface area contributed by atoms with Crippen molar-refractivity contribution in [2.75, 3.05) is 0 Å². The molecule has 1 fully saturated rings. The zero-order valence-electron chi connectivity index (χ0n) is 7.55. The molecule has 1 heterocycles. The molecule has 1 saturated carbocycles. The summed E-state index contributed by atoms with van der Waals surface area (Å²) in [4.78, 5) is 0. The van der Waals surface area contributed by atoms with Crippen LogP contribution in [0.15, 0.2) is 10.5 Å². The predicted octanol–water partition coefficient (Wildman–Crippen LogP) is 3.02. The van der Waals surface area contributed by atoms with Gasteiger partial charge >= 0.3 is 0 Å². The monoisotopic (exact) mass is 238 g/mol. The van der Waals surface area contributed by atoms with Crippen LogP contribution in [-0.4, -0.2) is 4.57 Å². The van der Waals surface area contributed by atoms with Crippen molar-refractivity contribution in [3.05, 3.63) is 21.9 Å². The Morgan fingerprint density at radius 2 is 2.38 bits per heavy atom. The molecule has 0 N–H and O–H groups in total. The number of aromatic nitrogens is 1. The maximum Gasteiger partial charge on any atom is 0.121 e. The Bertz CT molecular complexity index is 369. The summed E-state index contributed by atoms with van der Waals surface area (Å²) in [6, 6.07) is 4.77. The van der Waals surface area contributed by atoms with E-state index in [2.05, 4.69) is 33.5 Å². The molecule has 2 rings (SSSR count). The molecule has 0 atom stereocenters. The number of nitrogens with zero attached hydrogens (tertiary/aromatic N) is 2. The van der Waals surface area contributed by atoms with Gasteiger partial charge in [-0.15, -0.1) is 0 Å². The lowest BCUT2D eigenvalue weighted by atomic mass is 10.3. The molecular formula is C10H11BrN2. The van der Waals surface area contributed by atoms with Crippen molar-refractivity contribution in [2.45, 2.75) is 32.2 Å². The number of nitriles is 1. The van der Waals surface area contributed by atoms with Gasteiger partial charge in [0, 0.05) is 16.2 Å². The van der Waals surface area contributed by atoms with Crippen LogP contribution < -0.4 is 0 Å². The second-order valence-corrected chi connectivity index (χ2v) is 4.25. The molecule has 0 unspecified atom stereocenters. The van der Waals surface area contributed by atoms with Crippen LogP contribution in [0.3, 0.4) is 0 Å². The predicted molar refractivity (Wildman–Crippen MR) is 54.5 cm³/mol. The summed E-state index contributed by atoms with van der Waals surface area (Å²) in [6.07, 6.45) is 3.43. The van der Waals surface area contributed by atoms with Gasteiger partial charge in [0.05, 0.1) is 0 Å². The summed E-state index contributed by atoms with van der Waals surface area (Å²) in [7, 11) is 0. The smallest absolute Gasteiger partial charge is 0.121 e. The summed E-state index contributed by atoms with van der Waals surface area (Å²) in [5.74, 6) is 0. The largest absolute Gasteiger partial charge is 0.332 e. The third kappa shape index (κ3) is 1.40. The number of hydrogen-bond acceptors (Lipinski definition) is 1. The molecule has 0 saturated heterocycles. The first-order chi connectivity index (χ1) is 6.27.